The first-order valence-electron chi connectivity index (χ1n) is 12.3. The van der Waals surface area contributed by atoms with E-state index in [1.54, 1.807) is 12.1 Å². The van der Waals surface area contributed by atoms with E-state index >= 15 is 0 Å². The molecule has 0 unspecified atom stereocenters. The number of halogens is 2. The Morgan fingerprint density at radius 1 is 0.923 bits per heavy atom. The minimum Gasteiger partial charge on any atom is -0.434 e. The third kappa shape index (κ3) is 5.00. The molecule has 2 aliphatic rings. The number of imidazole rings is 1. The number of hydrogen-bond acceptors (Lipinski definition) is 6. The number of para-hydroxylation sites is 1. The van der Waals surface area contributed by atoms with E-state index in [4.69, 9.17) is 4.74 Å². The van der Waals surface area contributed by atoms with Crippen LogP contribution in [0.15, 0.2) is 60.8 Å². The molecule has 2 aromatic carbocycles. The molecule has 0 bridgehead atoms. The first-order chi connectivity index (χ1) is 18.8. The summed E-state index contributed by atoms with van der Waals surface area (Å²) < 4.78 is 35.7. The fourth-order valence-electron chi connectivity index (χ4n) is 4.06. The Labute approximate surface area is 220 Å². The average Bonchev–Trinajstić information content (AvgIpc) is 3.83. The van der Waals surface area contributed by atoms with Gasteiger partial charge in [-0.1, -0.05) is 12.1 Å². The van der Waals surface area contributed by atoms with Gasteiger partial charge in [0.1, 0.15) is 11.2 Å². The lowest BCUT2D eigenvalue weighted by Crippen LogP contribution is -2.35. The van der Waals surface area contributed by atoms with Crippen molar-refractivity contribution in [2.24, 2.45) is 11.3 Å². The second kappa shape index (κ2) is 9.46. The van der Waals surface area contributed by atoms with Crippen LogP contribution in [-0.4, -0.2) is 32.3 Å². The molecule has 3 amide bonds. The van der Waals surface area contributed by atoms with E-state index in [1.165, 1.54) is 47.1 Å². The van der Waals surface area contributed by atoms with Gasteiger partial charge in [-0.3, -0.25) is 14.4 Å². The van der Waals surface area contributed by atoms with Gasteiger partial charge in [-0.2, -0.15) is 0 Å². The Kier molecular flexibility index (Phi) is 5.93. The molecule has 4 aromatic rings. The van der Waals surface area contributed by atoms with Crippen LogP contribution in [-0.2, 0) is 14.4 Å². The molecule has 2 aromatic heterocycles. The molecule has 3 N–H and O–H groups in total. The normalized spacial score (nSPS) is 15.4. The van der Waals surface area contributed by atoms with Crippen molar-refractivity contribution in [3.05, 3.63) is 72.4 Å². The molecular weight excluding hydrogens is 510 g/mol. The highest BCUT2D eigenvalue weighted by Crippen LogP contribution is 2.47. The molecule has 10 nitrogen and oxygen atoms in total. The van der Waals surface area contributed by atoms with Crippen LogP contribution in [0.3, 0.4) is 0 Å². The topological polar surface area (TPSA) is 127 Å². The predicted molar refractivity (Wildman–Crippen MR) is 136 cm³/mol. The summed E-state index contributed by atoms with van der Waals surface area (Å²) in [4.78, 5) is 41.8. The molecule has 0 saturated heterocycles. The summed E-state index contributed by atoms with van der Waals surface area (Å²) >= 11 is 0. The minimum absolute atomic E-state index is 0.0177. The van der Waals surface area contributed by atoms with Crippen LogP contribution in [0.25, 0.3) is 5.65 Å². The van der Waals surface area contributed by atoms with Gasteiger partial charge in [0.05, 0.1) is 11.9 Å². The third-order valence-electron chi connectivity index (χ3n) is 6.64. The van der Waals surface area contributed by atoms with Crippen molar-refractivity contribution in [1.29, 1.82) is 0 Å². The zero-order chi connectivity index (χ0) is 27.1. The van der Waals surface area contributed by atoms with Crippen LogP contribution in [0.1, 0.15) is 25.7 Å². The van der Waals surface area contributed by atoms with Crippen molar-refractivity contribution in [1.82, 2.24) is 14.6 Å². The Bertz CT molecular complexity index is 1630. The highest BCUT2D eigenvalue weighted by atomic mass is 19.1. The first kappa shape index (κ1) is 24.5. The number of ether oxygens (including phenoxy) is 1. The van der Waals surface area contributed by atoms with E-state index in [1.807, 2.05) is 0 Å². The maximum atomic E-state index is 14.8. The number of aromatic nitrogens is 3. The van der Waals surface area contributed by atoms with Crippen molar-refractivity contribution < 1.29 is 27.9 Å². The van der Waals surface area contributed by atoms with Crippen molar-refractivity contribution >= 4 is 40.6 Å². The maximum absolute atomic E-state index is 14.8. The fourth-order valence-corrected chi connectivity index (χ4v) is 4.06. The van der Waals surface area contributed by atoms with E-state index in [9.17, 15) is 23.2 Å². The summed E-state index contributed by atoms with van der Waals surface area (Å²) in [5, 5.41) is 12.0. The van der Waals surface area contributed by atoms with Gasteiger partial charge >= 0.3 is 0 Å². The van der Waals surface area contributed by atoms with Crippen LogP contribution in [0, 0.1) is 23.0 Å². The van der Waals surface area contributed by atoms with Gasteiger partial charge in [0.25, 0.3) is 0 Å². The molecule has 2 heterocycles. The van der Waals surface area contributed by atoms with Gasteiger partial charge < -0.3 is 20.7 Å². The number of hydrogen-bond donors (Lipinski definition) is 3. The summed E-state index contributed by atoms with van der Waals surface area (Å²) in [6.45, 7) is 0. The molecule has 39 heavy (non-hydrogen) atoms. The Hall–Kier alpha value is -4.87. The lowest BCUT2D eigenvalue weighted by atomic mass is 10.0. The molecular formula is C27H22F2N6O4. The molecule has 0 radical (unpaired) electrons. The lowest BCUT2D eigenvalue weighted by Gasteiger charge is -2.16. The lowest BCUT2D eigenvalue weighted by molar-refractivity contribution is -0.131. The van der Waals surface area contributed by atoms with Crippen LogP contribution in [0.5, 0.6) is 11.6 Å². The fraction of sp³-hybridized carbons (Fsp3) is 0.222. The molecule has 0 spiro atoms. The monoisotopic (exact) mass is 532 g/mol. The van der Waals surface area contributed by atoms with Crippen LogP contribution in [0.4, 0.5) is 26.0 Å². The second-order valence-corrected chi connectivity index (χ2v) is 9.58. The number of amides is 3. The summed E-state index contributed by atoms with van der Waals surface area (Å²) in [7, 11) is 0. The highest BCUT2D eigenvalue weighted by molar-refractivity contribution is 6.16. The summed E-state index contributed by atoms with van der Waals surface area (Å²) in [5.74, 6) is -2.36. The molecule has 0 atom stereocenters. The number of nitrogens with zero attached hydrogens (tertiary/aromatic N) is 3. The van der Waals surface area contributed by atoms with E-state index in [2.05, 4.69) is 26.0 Å². The average molecular weight is 533 g/mol. The Morgan fingerprint density at radius 2 is 1.69 bits per heavy atom. The standard InChI is InChI=1S/C27H22F2N6O4/c28-17-3-1-2-4-19(17)31-26(38)27(11-12-27)25(37)30-16-7-8-20(18(29)13-16)39-23-10-9-22-32-21(14-35(22)34-23)33-24(36)15-5-6-15/h1-4,7-10,13-15H,5-6,11-12H2,(H,30,37)(H,31,38)(H,33,36). The quantitative estimate of drug-likeness (QED) is 0.287. The Balaban J connectivity index is 1.11. The number of nitrogens with one attached hydrogen (secondary N) is 3. The number of rotatable bonds is 8. The largest absolute Gasteiger partial charge is 0.434 e. The molecule has 2 saturated carbocycles. The molecule has 0 aliphatic heterocycles. The first-order valence-corrected chi connectivity index (χ1v) is 12.3. The molecule has 2 aliphatic carbocycles. The van der Waals surface area contributed by atoms with Gasteiger partial charge in [0.2, 0.25) is 23.6 Å². The number of fused-ring (bicyclic) bond motifs is 1. The van der Waals surface area contributed by atoms with E-state index in [-0.39, 0.29) is 47.7 Å². The molecule has 2 fully saturated rings. The van der Waals surface area contributed by atoms with Crippen molar-refractivity contribution in [3.63, 3.8) is 0 Å². The predicted octanol–water partition coefficient (Wildman–Crippen LogP) is 4.51. The highest BCUT2D eigenvalue weighted by Gasteiger charge is 2.56. The SMILES string of the molecule is O=C(Nc1cn2nc(Oc3ccc(NC(=O)C4(C(=O)Nc5ccccc5F)CC4)cc3F)ccc2n1)C1CC1. The zero-order valence-electron chi connectivity index (χ0n) is 20.4. The van der Waals surface area contributed by atoms with E-state index in [0.29, 0.717) is 11.5 Å². The number of anilines is 3. The smallest absolute Gasteiger partial charge is 0.240 e. The van der Waals surface area contributed by atoms with Gasteiger partial charge in [-0.05, 0) is 56.0 Å². The Morgan fingerprint density at radius 3 is 2.41 bits per heavy atom. The molecule has 12 heteroatoms. The third-order valence-corrected chi connectivity index (χ3v) is 6.64. The van der Waals surface area contributed by atoms with Crippen LogP contribution >= 0.6 is 0 Å². The van der Waals surface area contributed by atoms with Crippen molar-refractivity contribution in [3.8, 4) is 11.6 Å². The maximum Gasteiger partial charge on any atom is 0.240 e. The van der Waals surface area contributed by atoms with Crippen LogP contribution < -0.4 is 20.7 Å². The zero-order valence-corrected chi connectivity index (χ0v) is 20.4. The van der Waals surface area contributed by atoms with E-state index in [0.717, 1.165) is 18.9 Å². The summed E-state index contributed by atoms with van der Waals surface area (Å²) in [6, 6.07) is 12.6. The number of carbonyl (C=O) groups is 3. The number of benzene rings is 2. The van der Waals surface area contributed by atoms with Gasteiger partial charge in [-0.15, -0.1) is 5.10 Å². The number of carbonyl (C=O) groups excluding carboxylic acids is 3. The van der Waals surface area contributed by atoms with Crippen LogP contribution in [0.2, 0.25) is 0 Å². The second-order valence-electron chi connectivity index (χ2n) is 9.58. The minimum atomic E-state index is -1.35. The summed E-state index contributed by atoms with van der Waals surface area (Å²) in [6.07, 6.45) is 3.85. The summed E-state index contributed by atoms with van der Waals surface area (Å²) in [5.41, 5.74) is -0.769. The molecule has 6 rings (SSSR count). The molecule has 198 valence electrons. The van der Waals surface area contributed by atoms with Gasteiger partial charge in [0, 0.05) is 23.7 Å². The van der Waals surface area contributed by atoms with Gasteiger partial charge in [0.15, 0.2) is 23.0 Å². The van der Waals surface area contributed by atoms with Gasteiger partial charge in [-0.25, -0.2) is 18.3 Å². The van der Waals surface area contributed by atoms with E-state index < -0.39 is 28.9 Å². The van der Waals surface area contributed by atoms with Crippen molar-refractivity contribution in [2.75, 3.05) is 16.0 Å². The van der Waals surface area contributed by atoms with Crippen molar-refractivity contribution in [2.45, 2.75) is 25.7 Å².